The summed E-state index contributed by atoms with van der Waals surface area (Å²) in [5.41, 5.74) is 0. The molecule has 1 unspecified atom stereocenters. The van der Waals surface area contributed by atoms with Gasteiger partial charge in [0.1, 0.15) is 5.75 Å². The highest BCUT2D eigenvalue weighted by atomic mass is 35.5. The summed E-state index contributed by atoms with van der Waals surface area (Å²) in [6.45, 7) is 3.58. The molecule has 1 heterocycles. The number of ether oxygens (including phenoxy) is 1. The first-order valence-corrected chi connectivity index (χ1v) is 6.97. The average Bonchev–Trinajstić information content (AvgIpc) is 2.42. The highest BCUT2D eigenvalue weighted by Crippen LogP contribution is 2.24. The minimum Gasteiger partial charge on any atom is -0.479 e. The Hall–Kier alpha value is -0.970. The van der Waals surface area contributed by atoms with Gasteiger partial charge < -0.3 is 15.4 Å². The van der Waals surface area contributed by atoms with Crippen molar-refractivity contribution in [1.29, 1.82) is 0 Å². The molecule has 1 fully saturated rings. The molecule has 0 aliphatic carbocycles. The minimum atomic E-state index is -0.554. The normalized spacial score (nSPS) is 19.6. The predicted molar refractivity (Wildman–Crippen MR) is 82.8 cm³/mol. The number of halogens is 2. The molecule has 0 bridgehead atoms. The van der Waals surface area contributed by atoms with Gasteiger partial charge in [0.2, 0.25) is 0 Å². The van der Waals surface area contributed by atoms with E-state index < -0.39 is 6.10 Å². The molecular weight excluding hydrogens is 299 g/mol. The standard InChI is InChI=1S/C14H19ClN2O2.ClH/c1-10(19-13-7-3-2-6-12(13)15)14(18)17-11-5-4-8-16-9-11;/h2-3,6-7,10-11,16H,4-5,8-9H2,1H3,(H,17,18);1H/t10?,11-;/m0./s1. The summed E-state index contributed by atoms with van der Waals surface area (Å²) in [5.74, 6) is 0.433. The molecule has 0 spiro atoms. The van der Waals surface area contributed by atoms with Crippen LogP contribution >= 0.6 is 24.0 Å². The van der Waals surface area contributed by atoms with Gasteiger partial charge in [0.05, 0.1) is 5.02 Å². The van der Waals surface area contributed by atoms with Gasteiger partial charge in [-0.15, -0.1) is 12.4 Å². The lowest BCUT2D eigenvalue weighted by atomic mass is 10.1. The van der Waals surface area contributed by atoms with E-state index in [-0.39, 0.29) is 24.4 Å². The molecule has 4 nitrogen and oxygen atoms in total. The molecule has 1 saturated heterocycles. The number of nitrogens with one attached hydrogen (secondary N) is 2. The lowest BCUT2D eigenvalue weighted by Crippen LogP contribution is -2.49. The van der Waals surface area contributed by atoms with Gasteiger partial charge in [0, 0.05) is 12.6 Å². The summed E-state index contributed by atoms with van der Waals surface area (Å²) in [6.07, 6.45) is 1.55. The van der Waals surface area contributed by atoms with E-state index in [0.29, 0.717) is 10.8 Å². The number of para-hydroxylation sites is 1. The number of benzene rings is 1. The van der Waals surface area contributed by atoms with Crippen molar-refractivity contribution < 1.29 is 9.53 Å². The third-order valence-corrected chi connectivity index (χ3v) is 3.47. The maximum atomic E-state index is 12.0. The van der Waals surface area contributed by atoms with Gasteiger partial charge in [-0.1, -0.05) is 23.7 Å². The van der Waals surface area contributed by atoms with Crippen LogP contribution in [-0.4, -0.2) is 31.1 Å². The van der Waals surface area contributed by atoms with Crippen LogP contribution in [0, 0.1) is 0 Å². The van der Waals surface area contributed by atoms with E-state index in [2.05, 4.69) is 10.6 Å². The molecule has 0 aromatic heterocycles. The zero-order valence-corrected chi connectivity index (χ0v) is 13.0. The lowest BCUT2D eigenvalue weighted by molar-refractivity contribution is -0.128. The molecule has 2 atom stereocenters. The van der Waals surface area contributed by atoms with E-state index >= 15 is 0 Å². The fourth-order valence-corrected chi connectivity index (χ4v) is 2.26. The molecule has 0 saturated carbocycles. The van der Waals surface area contributed by atoms with Crippen molar-refractivity contribution in [2.24, 2.45) is 0 Å². The largest absolute Gasteiger partial charge is 0.479 e. The number of rotatable bonds is 4. The van der Waals surface area contributed by atoms with E-state index in [1.807, 2.05) is 12.1 Å². The van der Waals surface area contributed by atoms with E-state index in [1.165, 1.54) is 0 Å². The summed E-state index contributed by atoms with van der Waals surface area (Å²) in [4.78, 5) is 12.0. The molecule has 1 aromatic rings. The van der Waals surface area contributed by atoms with Gasteiger partial charge in [-0.25, -0.2) is 0 Å². The Morgan fingerprint density at radius 1 is 1.50 bits per heavy atom. The predicted octanol–water partition coefficient (Wildman–Crippen LogP) is 2.40. The van der Waals surface area contributed by atoms with Gasteiger partial charge in [-0.05, 0) is 38.4 Å². The number of hydrogen-bond donors (Lipinski definition) is 2. The lowest BCUT2D eigenvalue weighted by Gasteiger charge is -2.25. The molecule has 2 N–H and O–H groups in total. The summed E-state index contributed by atoms with van der Waals surface area (Å²) < 4.78 is 5.58. The van der Waals surface area contributed by atoms with E-state index in [1.54, 1.807) is 19.1 Å². The number of hydrogen-bond acceptors (Lipinski definition) is 3. The van der Waals surface area contributed by atoms with Crippen LogP contribution in [0.15, 0.2) is 24.3 Å². The van der Waals surface area contributed by atoms with Crippen molar-refractivity contribution >= 4 is 29.9 Å². The molecule has 20 heavy (non-hydrogen) atoms. The van der Waals surface area contributed by atoms with Gasteiger partial charge in [0.25, 0.3) is 5.91 Å². The SMILES string of the molecule is CC(Oc1ccccc1Cl)C(=O)N[C@H]1CCCNC1.Cl. The molecule has 1 aromatic carbocycles. The minimum absolute atomic E-state index is 0. The van der Waals surface area contributed by atoms with Crippen molar-refractivity contribution in [2.45, 2.75) is 31.9 Å². The molecule has 0 radical (unpaired) electrons. The fraction of sp³-hybridized carbons (Fsp3) is 0.500. The third-order valence-electron chi connectivity index (χ3n) is 3.15. The summed E-state index contributed by atoms with van der Waals surface area (Å²) >= 11 is 6.00. The smallest absolute Gasteiger partial charge is 0.261 e. The van der Waals surface area contributed by atoms with Gasteiger partial charge >= 0.3 is 0 Å². The summed E-state index contributed by atoms with van der Waals surface area (Å²) in [6, 6.07) is 7.35. The van der Waals surface area contributed by atoms with Crippen molar-refractivity contribution in [3.63, 3.8) is 0 Å². The first-order valence-electron chi connectivity index (χ1n) is 6.59. The Bertz CT molecular complexity index is 437. The van der Waals surface area contributed by atoms with Crippen molar-refractivity contribution in [2.75, 3.05) is 13.1 Å². The molecule has 6 heteroatoms. The molecule has 1 amide bonds. The second-order valence-electron chi connectivity index (χ2n) is 4.74. The van der Waals surface area contributed by atoms with E-state index in [9.17, 15) is 4.79 Å². The van der Waals surface area contributed by atoms with Crippen LogP contribution in [0.2, 0.25) is 5.02 Å². The molecule has 1 aliphatic heterocycles. The van der Waals surface area contributed by atoms with Crippen LogP contribution in [0.5, 0.6) is 5.75 Å². The topological polar surface area (TPSA) is 50.4 Å². The number of piperidine rings is 1. The van der Waals surface area contributed by atoms with Gasteiger partial charge in [0.15, 0.2) is 6.10 Å². The monoisotopic (exact) mass is 318 g/mol. The number of carbonyl (C=O) groups excluding carboxylic acids is 1. The van der Waals surface area contributed by atoms with Crippen LogP contribution in [0.1, 0.15) is 19.8 Å². The fourth-order valence-electron chi connectivity index (χ4n) is 2.08. The Kier molecular flexibility index (Phi) is 7.13. The van der Waals surface area contributed by atoms with Gasteiger partial charge in [-0.3, -0.25) is 4.79 Å². The highest BCUT2D eigenvalue weighted by Gasteiger charge is 2.20. The van der Waals surface area contributed by atoms with E-state index in [4.69, 9.17) is 16.3 Å². The molecule has 2 rings (SSSR count). The first-order chi connectivity index (χ1) is 9.16. The quantitative estimate of drug-likeness (QED) is 0.896. The zero-order chi connectivity index (χ0) is 13.7. The Morgan fingerprint density at radius 3 is 2.90 bits per heavy atom. The third kappa shape index (κ3) is 4.85. The Balaban J connectivity index is 0.00000200. The Morgan fingerprint density at radius 2 is 2.25 bits per heavy atom. The van der Waals surface area contributed by atoms with Crippen LogP contribution in [0.4, 0.5) is 0 Å². The average molecular weight is 319 g/mol. The van der Waals surface area contributed by atoms with Crippen LogP contribution in [0.3, 0.4) is 0 Å². The van der Waals surface area contributed by atoms with E-state index in [0.717, 1.165) is 25.9 Å². The Labute approximate surface area is 130 Å². The molecular formula is C14H20Cl2N2O2. The second-order valence-corrected chi connectivity index (χ2v) is 5.15. The van der Waals surface area contributed by atoms with Crippen LogP contribution in [0.25, 0.3) is 0 Å². The zero-order valence-electron chi connectivity index (χ0n) is 11.4. The summed E-state index contributed by atoms with van der Waals surface area (Å²) in [7, 11) is 0. The van der Waals surface area contributed by atoms with Gasteiger partial charge in [-0.2, -0.15) is 0 Å². The van der Waals surface area contributed by atoms with Crippen LogP contribution < -0.4 is 15.4 Å². The van der Waals surface area contributed by atoms with Crippen molar-refractivity contribution in [1.82, 2.24) is 10.6 Å². The van der Waals surface area contributed by atoms with Crippen LogP contribution in [-0.2, 0) is 4.79 Å². The maximum Gasteiger partial charge on any atom is 0.261 e. The molecule has 112 valence electrons. The number of carbonyl (C=O) groups is 1. The first kappa shape index (κ1) is 17.1. The number of amides is 1. The maximum absolute atomic E-state index is 12.0. The van der Waals surface area contributed by atoms with Crippen molar-refractivity contribution in [3.8, 4) is 5.75 Å². The van der Waals surface area contributed by atoms with Crippen molar-refractivity contribution in [3.05, 3.63) is 29.3 Å². The summed E-state index contributed by atoms with van der Waals surface area (Å²) in [5, 5.41) is 6.77. The second kappa shape index (κ2) is 8.35. The highest BCUT2D eigenvalue weighted by molar-refractivity contribution is 6.32. The molecule has 1 aliphatic rings.